The normalized spacial score (nSPS) is 14.6. The third-order valence-electron chi connectivity index (χ3n) is 4.66. The number of fused-ring (bicyclic) bond motifs is 1. The second-order valence-electron chi connectivity index (χ2n) is 7.37. The van der Waals surface area contributed by atoms with Gasteiger partial charge >= 0.3 is 0 Å². The van der Waals surface area contributed by atoms with Crippen LogP contribution in [0.25, 0.3) is 10.9 Å². The molecule has 2 N–H and O–H groups in total. The molecule has 1 saturated carbocycles. The quantitative estimate of drug-likeness (QED) is 0.740. The fraction of sp³-hybridized carbons (Fsp3) is 0.619. The molecule has 3 rings (SSSR count). The van der Waals surface area contributed by atoms with Gasteiger partial charge in [-0.1, -0.05) is 19.9 Å². The van der Waals surface area contributed by atoms with E-state index in [4.69, 9.17) is 4.74 Å². The Labute approximate surface area is 147 Å². The van der Waals surface area contributed by atoms with E-state index >= 15 is 0 Å². The highest BCUT2D eigenvalue weighted by Crippen LogP contribution is 2.30. The topological polar surface area (TPSA) is 37.0 Å². The number of hydrogen-bond donors (Lipinski definition) is 2. The summed E-state index contributed by atoms with van der Waals surface area (Å²) in [6, 6.07) is 6.67. The SMILES string of the molecule is CC.Cc1[nH]c2ccc(CNCC(C)(C)OCC3CC3)cc2c1C. The van der Waals surface area contributed by atoms with Crippen LogP contribution in [0.1, 0.15) is 57.4 Å². The van der Waals surface area contributed by atoms with Gasteiger partial charge in [-0.3, -0.25) is 0 Å². The van der Waals surface area contributed by atoms with Crippen molar-refractivity contribution >= 4 is 10.9 Å². The van der Waals surface area contributed by atoms with Crippen LogP contribution in [-0.2, 0) is 11.3 Å². The van der Waals surface area contributed by atoms with Gasteiger partial charge in [0.15, 0.2) is 0 Å². The standard InChI is InChI=1S/C19H28N2O.C2H6/c1-13-14(2)21-18-8-7-16(9-17(13)18)10-20-12-19(3,4)22-11-15-5-6-15;1-2/h7-9,15,20-21H,5-6,10-12H2,1-4H3;1-2H3. The number of rotatable bonds is 7. The van der Waals surface area contributed by atoms with Gasteiger partial charge in [-0.15, -0.1) is 0 Å². The van der Waals surface area contributed by atoms with Crippen LogP contribution in [0.5, 0.6) is 0 Å². The lowest BCUT2D eigenvalue weighted by Gasteiger charge is -2.26. The van der Waals surface area contributed by atoms with Crippen molar-refractivity contribution in [3.63, 3.8) is 0 Å². The molecule has 0 spiro atoms. The molecule has 0 amide bonds. The number of ether oxygens (including phenoxy) is 1. The maximum absolute atomic E-state index is 6.02. The maximum Gasteiger partial charge on any atom is 0.0750 e. The molecule has 1 heterocycles. The molecule has 1 aromatic heterocycles. The van der Waals surface area contributed by atoms with E-state index < -0.39 is 0 Å². The predicted molar refractivity (Wildman–Crippen MR) is 104 cm³/mol. The predicted octanol–water partition coefficient (Wildman–Crippen LogP) is 5.11. The minimum atomic E-state index is -0.0900. The first kappa shape index (κ1) is 19.0. The molecule has 0 aliphatic heterocycles. The Morgan fingerprint density at radius 3 is 2.58 bits per heavy atom. The Morgan fingerprint density at radius 1 is 1.21 bits per heavy atom. The molecule has 1 aliphatic carbocycles. The van der Waals surface area contributed by atoms with E-state index in [0.29, 0.717) is 0 Å². The highest BCUT2D eigenvalue weighted by molar-refractivity contribution is 5.84. The number of benzene rings is 1. The Morgan fingerprint density at radius 2 is 1.92 bits per heavy atom. The van der Waals surface area contributed by atoms with Crippen LogP contribution in [-0.4, -0.2) is 23.7 Å². The molecule has 134 valence electrons. The van der Waals surface area contributed by atoms with Crippen molar-refractivity contribution < 1.29 is 4.74 Å². The van der Waals surface area contributed by atoms with Gasteiger partial charge in [0.1, 0.15) is 0 Å². The van der Waals surface area contributed by atoms with E-state index in [1.807, 2.05) is 13.8 Å². The molecule has 1 fully saturated rings. The van der Waals surface area contributed by atoms with Gasteiger partial charge in [-0.25, -0.2) is 0 Å². The Hall–Kier alpha value is -1.32. The summed E-state index contributed by atoms with van der Waals surface area (Å²) in [5.74, 6) is 0.821. The van der Waals surface area contributed by atoms with E-state index in [1.165, 1.54) is 40.6 Å². The fourth-order valence-electron chi connectivity index (χ4n) is 2.81. The second kappa shape index (κ2) is 8.17. The van der Waals surface area contributed by atoms with Crippen molar-refractivity contribution in [3.05, 3.63) is 35.0 Å². The Bertz CT molecular complexity index is 653. The van der Waals surface area contributed by atoms with Gasteiger partial charge in [0, 0.05) is 29.7 Å². The van der Waals surface area contributed by atoms with Crippen LogP contribution in [0.2, 0.25) is 0 Å². The minimum absolute atomic E-state index is 0.0900. The maximum atomic E-state index is 6.02. The van der Waals surface area contributed by atoms with E-state index in [-0.39, 0.29) is 5.60 Å². The van der Waals surface area contributed by atoms with Gasteiger partial charge in [0.2, 0.25) is 0 Å². The average molecular weight is 331 g/mol. The average Bonchev–Trinajstić information content (AvgIpc) is 3.35. The smallest absolute Gasteiger partial charge is 0.0750 e. The number of H-pyrrole nitrogens is 1. The van der Waals surface area contributed by atoms with Gasteiger partial charge in [-0.05, 0) is 69.7 Å². The van der Waals surface area contributed by atoms with Crippen molar-refractivity contribution in [2.75, 3.05) is 13.2 Å². The molecule has 1 aromatic carbocycles. The van der Waals surface area contributed by atoms with Gasteiger partial charge < -0.3 is 15.0 Å². The summed E-state index contributed by atoms with van der Waals surface area (Å²) < 4.78 is 6.02. The largest absolute Gasteiger partial charge is 0.374 e. The van der Waals surface area contributed by atoms with Crippen molar-refractivity contribution in [1.82, 2.24) is 10.3 Å². The van der Waals surface area contributed by atoms with Crippen LogP contribution < -0.4 is 5.32 Å². The monoisotopic (exact) mass is 330 g/mol. The van der Waals surface area contributed by atoms with Crippen molar-refractivity contribution in [3.8, 4) is 0 Å². The summed E-state index contributed by atoms with van der Waals surface area (Å²) >= 11 is 0. The zero-order chi connectivity index (χ0) is 17.7. The van der Waals surface area contributed by atoms with Crippen molar-refractivity contribution in [2.45, 2.75) is 66.5 Å². The first-order valence-electron chi connectivity index (χ1n) is 9.37. The van der Waals surface area contributed by atoms with Crippen LogP contribution in [0, 0.1) is 19.8 Å². The van der Waals surface area contributed by atoms with Crippen LogP contribution in [0.3, 0.4) is 0 Å². The van der Waals surface area contributed by atoms with Crippen LogP contribution in [0.15, 0.2) is 18.2 Å². The molecule has 0 saturated heterocycles. The number of nitrogens with one attached hydrogen (secondary N) is 2. The summed E-state index contributed by atoms with van der Waals surface area (Å²) in [6.45, 7) is 15.3. The Kier molecular flexibility index (Phi) is 6.47. The highest BCUT2D eigenvalue weighted by atomic mass is 16.5. The third kappa shape index (κ3) is 5.09. The van der Waals surface area contributed by atoms with Gasteiger partial charge in [0.05, 0.1) is 12.2 Å². The number of aromatic amines is 1. The van der Waals surface area contributed by atoms with Crippen molar-refractivity contribution in [1.29, 1.82) is 0 Å². The molecule has 0 atom stereocenters. The van der Waals surface area contributed by atoms with Crippen LogP contribution >= 0.6 is 0 Å². The second-order valence-corrected chi connectivity index (χ2v) is 7.37. The number of hydrogen-bond acceptors (Lipinski definition) is 2. The molecule has 3 nitrogen and oxygen atoms in total. The molecule has 1 aliphatic rings. The number of aromatic nitrogens is 1. The number of aryl methyl sites for hydroxylation is 2. The summed E-state index contributed by atoms with van der Waals surface area (Å²) in [5, 5.41) is 4.88. The minimum Gasteiger partial charge on any atom is -0.374 e. The lowest BCUT2D eigenvalue weighted by molar-refractivity contribution is -0.0220. The Balaban J connectivity index is 0.00000100. The summed E-state index contributed by atoms with van der Waals surface area (Å²) in [7, 11) is 0. The molecule has 0 bridgehead atoms. The van der Waals surface area contributed by atoms with E-state index in [2.05, 4.69) is 56.2 Å². The molecular formula is C21H34N2O. The summed E-state index contributed by atoms with van der Waals surface area (Å²) in [5.41, 5.74) is 5.08. The van der Waals surface area contributed by atoms with Crippen molar-refractivity contribution in [2.24, 2.45) is 5.92 Å². The molecular weight excluding hydrogens is 296 g/mol. The van der Waals surface area contributed by atoms with Crippen LogP contribution in [0.4, 0.5) is 0 Å². The molecule has 0 unspecified atom stereocenters. The zero-order valence-electron chi connectivity index (χ0n) is 16.3. The molecule has 0 radical (unpaired) electrons. The lowest BCUT2D eigenvalue weighted by Crippen LogP contribution is -2.37. The fourth-order valence-corrected chi connectivity index (χ4v) is 2.81. The van der Waals surface area contributed by atoms with Gasteiger partial charge in [0.25, 0.3) is 0 Å². The van der Waals surface area contributed by atoms with E-state index in [1.54, 1.807) is 0 Å². The molecule has 3 heteroatoms. The molecule has 24 heavy (non-hydrogen) atoms. The molecule has 2 aromatic rings. The zero-order valence-corrected chi connectivity index (χ0v) is 16.3. The van der Waals surface area contributed by atoms with E-state index in [9.17, 15) is 0 Å². The lowest BCUT2D eigenvalue weighted by atomic mass is 10.1. The third-order valence-corrected chi connectivity index (χ3v) is 4.66. The summed E-state index contributed by atoms with van der Waals surface area (Å²) in [4.78, 5) is 3.43. The first-order chi connectivity index (χ1) is 11.4. The highest BCUT2D eigenvalue weighted by Gasteiger charge is 2.26. The first-order valence-corrected chi connectivity index (χ1v) is 9.37. The van der Waals surface area contributed by atoms with E-state index in [0.717, 1.165) is 25.6 Å². The summed E-state index contributed by atoms with van der Waals surface area (Å²) in [6.07, 6.45) is 2.69. The van der Waals surface area contributed by atoms with Gasteiger partial charge in [-0.2, -0.15) is 0 Å².